The molecule has 2 rings (SSSR count). The van der Waals surface area contributed by atoms with Gasteiger partial charge in [-0.15, -0.1) is 0 Å². The monoisotopic (exact) mass is 359 g/mol. The number of amides is 1. The fourth-order valence-corrected chi connectivity index (χ4v) is 2.49. The maximum atomic E-state index is 12.3. The number of aliphatic carboxylic acids is 1. The molecule has 0 aliphatic rings. The van der Waals surface area contributed by atoms with E-state index in [1.54, 1.807) is 6.92 Å². The Morgan fingerprint density at radius 2 is 1.92 bits per heavy atom. The minimum absolute atomic E-state index is 0.180. The SMILES string of the molecule is Cc1coc(CC(=O)O)c1C(=O)NCCc1ccc(OCC(C)C)cc1. The summed E-state index contributed by atoms with van der Waals surface area (Å²) in [6, 6.07) is 7.79. The Kier molecular flexibility index (Phi) is 6.83. The fourth-order valence-electron chi connectivity index (χ4n) is 2.49. The molecule has 0 aliphatic carbocycles. The molecule has 0 unspecified atom stereocenters. The van der Waals surface area contributed by atoms with Crippen molar-refractivity contribution in [2.45, 2.75) is 33.6 Å². The first kappa shape index (κ1) is 19.6. The van der Waals surface area contributed by atoms with Gasteiger partial charge in [-0.05, 0) is 37.0 Å². The molecule has 26 heavy (non-hydrogen) atoms. The Balaban J connectivity index is 1.87. The van der Waals surface area contributed by atoms with Gasteiger partial charge in [0.05, 0.1) is 18.4 Å². The molecule has 0 bridgehead atoms. The number of carboxylic acids is 1. The van der Waals surface area contributed by atoms with E-state index >= 15 is 0 Å². The number of furan rings is 1. The third-order valence-corrected chi connectivity index (χ3v) is 3.80. The van der Waals surface area contributed by atoms with Crippen LogP contribution >= 0.6 is 0 Å². The Morgan fingerprint density at radius 3 is 2.54 bits per heavy atom. The van der Waals surface area contributed by atoms with Crippen LogP contribution < -0.4 is 10.1 Å². The van der Waals surface area contributed by atoms with Crippen molar-refractivity contribution >= 4 is 11.9 Å². The number of hydrogen-bond acceptors (Lipinski definition) is 4. The molecule has 140 valence electrons. The molecular weight excluding hydrogens is 334 g/mol. The zero-order valence-electron chi connectivity index (χ0n) is 15.4. The maximum absolute atomic E-state index is 12.3. The van der Waals surface area contributed by atoms with Crippen molar-refractivity contribution in [3.8, 4) is 5.75 Å². The molecule has 6 nitrogen and oxygen atoms in total. The van der Waals surface area contributed by atoms with Crippen LogP contribution in [0.1, 0.15) is 41.1 Å². The van der Waals surface area contributed by atoms with Crippen LogP contribution in [0.15, 0.2) is 34.9 Å². The highest BCUT2D eigenvalue weighted by atomic mass is 16.5. The van der Waals surface area contributed by atoms with Gasteiger partial charge in [0.15, 0.2) is 0 Å². The lowest BCUT2D eigenvalue weighted by atomic mass is 10.1. The summed E-state index contributed by atoms with van der Waals surface area (Å²) in [5, 5.41) is 11.7. The van der Waals surface area contributed by atoms with Gasteiger partial charge >= 0.3 is 5.97 Å². The lowest BCUT2D eigenvalue weighted by Gasteiger charge is -2.10. The first-order chi connectivity index (χ1) is 12.4. The molecule has 0 radical (unpaired) electrons. The van der Waals surface area contributed by atoms with E-state index in [9.17, 15) is 9.59 Å². The van der Waals surface area contributed by atoms with Gasteiger partial charge in [0.25, 0.3) is 5.91 Å². The average molecular weight is 359 g/mol. The van der Waals surface area contributed by atoms with Gasteiger partial charge in [-0.2, -0.15) is 0 Å². The molecule has 2 N–H and O–H groups in total. The molecule has 0 aliphatic heterocycles. The van der Waals surface area contributed by atoms with Gasteiger partial charge in [0, 0.05) is 12.1 Å². The van der Waals surface area contributed by atoms with Crippen LogP contribution in [0.25, 0.3) is 0 Å². The summed E-state index contributed by atoms with van der Waals surface area (Å²) in [6.07, 6.45) is 1.76. The van der Waals surface area contributed by atoms with Crippen LogP contribution in [0.4, 0.5) is 0 Å². The number of benzene rings is 1. The maximum Gasteiger partial charge on any atom is 0.311 e. The van der Waals surface area contributed by atoms with Crippen LogP contribution in [0, 0.1) is 12.8 Å². The molecule has 1 amide bonds. The molecule has 0 fully saturated rings. The van der Waals surface area contributed by atoms with E-state index in [1.807, 2.05) is 24.3 Å². The smallest absolute Gasteiger partial charge is 0.311 e. The quantitative estimate of drug-likeness (QED) is 0.718. The molecule has 6 heteroatoms. The second kappa shape index (κ2) is 9.08. The van der Waals surface area contributed by atoms with E-state index in [1.165, 1.54) is 6.26 Å². The second-order valence-electron chi connectivity index (χ2n) is 6.64. The summed E-state index contributed by atoms with van der Waals surface area (Å²) in [7, 11) is 0. The zero-order valence-corrected chi connectivity index (χ0v) is 15.4. The summed E-state index contributed by atoms with van der Waals surface area (Å²) in [4.78, 5) is 23.2. The van der Waals surface area contributed by atoms with Crippen molar-refractivity contribution < 1.29 is 23.8 Å². The van der Waals surface area contributed by atoms with Crippen molar-refractivity contribution in [2.24, 2.45) is 5.92 Å². The highest BCUT2D eigenvalue weighted by molar-refractivity contribution is 5.97. The van der Waals surface area contributed by atoms with Gasteiger partial charge in [0.1, 0.15) is 17.9 Å². The molecule has 0 saturated heterocycles. The predicted octanol–water partition coefficient (Wildman–Crippen LogP) is 3.22. The average Bonchev–Trinajstić information content (AvgIpc) is 2.93. The number of carboxylic acid groups (broad SMARTS) is 1. The normalized spacial score (nSPS) is 10.8. The van der Waals surface area contributed by atoms with Crippen molar-refractivity contribution in [2.75, 3.05) is 13.2 Å². The summed E-state index contributed by atoms with van der Waals surface area (Å²) in [5.41, 5.74) is 2.02. The van der Waals surface area contributed by atoms with Crippen LogP contribution in [-0.4, -0.2) is 30.1 Å². The van der Waals surface area contributed by atoms with Gasteiger partial charge in [-0.25, -0.2) is 0 Å². The minimum atomic E-state index is -1.03. The van der Waals surface area contributed by atoms with E-state index in [0.717, 1.165) is 11.3 Å². The van der Waals surface area contributed by atoms with Crippen molar-refractivity contribution in [1.82, 2.24) is 5.32 Å². The standard InChI is InChI=1S/C20H25NO5/c1-13(2)11-25-16-6-4-15(5-7-16)8-9-21-20(24)19-14(3)12-26-17(19)10-18(22)23/h4-7,12-13H,8-11H2,1-3H3,(H,21,24)(H,22,23). The summed E-state index contributed by atoms with van der Waals surface area (Å²) in [6.45, 7) is 7.04. The Labute approximate surface area is 153 Å². The second-order valence-corrected chi connectivity index (χ2v) is 6.64. The molecular formula is C20H25NO5. The van der Waals surface area contributed by atoms with E-state index < -0.39 is 5.97 Å². The molecule has 2 aromatic rings. The predicted molar refractivity (Wildman–Crippen MR) is 97.6 cm³/mol. The first-order valence-electron chi connectivity index (χ1n) is 8.65. The minimum Gasteiger partial charge on any atom is -0.493 e. The van der Waals surface area contributed by atoms with Crippen molar-refractivity contribution in [3.05, 3.63) is 53.0 Å². The highest BCUT2D eigenvalue weighted by Crippen LogP contribution is 2.17. The molecule has 1 heterocycles. The largest absolute Gasteiger partial charge is 0.493 e. The molecule has 0 saturated carbocycles. The Hall–Kier alpha value is -2.76. The lowest BCUT2D eigenvalue weighted by molar-refractivity contribution is -0.136. The Bertz CT molecular complexity index is 746. The van der Waals surface area contributed by atoms with Crippen molar-refractivity contribution in [3.63, 3.8) is 0 Å². The lowest BCUT2D eigenvalue weighted by Crippen LogP contribution is -2.27. The van der Waals surface area contributed by atoms with Crippen LogP contribution in [-0.2, 0) is 17.6 Å². The van der Waals surface area contributed by atoms with Gasteiger partial charge in [-0.1, -0.05) is 26.0 Å². The first-order valence-corrected chi connectivity index (χ1v) is 8.65. The summed E-state index contributed by atoms with van der Waals surface area (Å²) >= 11 is 0. The number of carbonyl (C=O) groups excluding carboxylic acids is 1. The van der Waals surface area contributed by atoms with Gasteiger partial charge in [0.2, 0.25) is 0 Å². The molecule has 1 aromatic heterocycles. The zero-order chi connectivity index (χ0) is 19.1. The number of hydrogen-bond donors (Lipinski definition) is 2. The van der Waals surface area contributed by atoms with E-state index in [4.69, 9.17) is 14.3 Å². The van der Waals surface area contributed by atoms with E-state index in [-0.39, 0.29) is 18.1 Å². The van der Waals surface area contributed by atoms with Crippen LogP contribution in [0.5, 0.6) is 5.75 Å². The highest BCUT2D eigenvalue weighted by Gasteiger charge is 2.20. The third kappa shape index (κ3) is 5.65. The van der Waals surface area contributed by atoms with Crippen molar-refractivity contribution in [1.29, 1.82) is 0 Å². The third-order valence-electron chi connectivity index (χ3n) is 3.80. The fraction of sp³-hybridized carbons (Fsp3) is 0.400. The Morgan fingerprint density at radius 1 is 1.23 bits per heavy atom. The van der Waals surface area contributed by atoms with E-state index in [2.05, 4.69) is 19.2 Å². The number of ether oxygens (including phenoxy) is 1. The number of aryl methyl sites for hydroxylation is 1. The molecule has 0 spiro atoms. The van der Waals surface area contributed by atoms with Gasteiger partial charge < -0.3 is 19.6 Å². The number of nitrogens with one attached hydrogen (secondary N) is 1. The summed E-state index contributed by atoms with van der Waals surface area (Å²) < 4.78 is 10.8. The summed E-state index contributed by atoms with van der Waals surface area (Å²) in [5.74, 6) is 0.137. The van der Waals surface area contributed by atoms with E-state index in [0.29, 0.717) is 36.6 Å². The number of rotatable bonds is 9. The molecule has 0 atom stereocenters. The van der Waals surface area contributed by atoms with Crippen LogP contribution in [0.2, 0.25) is 0 Å². The topological polar surface area (TPSA) is 88.8 Å². The number of carbonyl (C=O) groups is 2. The van der Waals surface area contributed by atoms with Crippen LogP contribution in [0.3, 0.4) is 0 Å². The molecule has 1 aromatic carbocycles. The van der Waals surface area contributed by atoms with Gasteiger partial charge in [-0.3, -0.25) is 9.59 Å².